The van der Waals surface area contributed by atoms with Crippen LogP contribution in [0.2, 0.25) is 5.02 Å². The fourth-order valence-corrected chi connectivity index (χ4v) is 2.63. The van der Waals surface area contributed by atoms with Crippen LogP contribution >= 0.6 is 23.2 Å². The maximum atomic E-state index is 13.6. The summed E-state index contributed by atoms with van der Waals surface area (Å²) in [5.41, 5.74) is 1.50. The zero-order chi connectivity index (χ0) is 13.1. The van der Waals surface area contributed by atoms with Gasteiger partial charge >= 0.3 is 0 Å². The largest absolute Gasteiger partial charge is 0.321 e. The Morgan fingerprint density at radius 2 is 2.11 bits per heavy atom. The molecular weight excluding hydrogens is 274 g/mol. The Morgan fingerprint density at radius 3 is 2.67 bits per heavy atom. The molecule has 1 aromatic carbocycles. The maximum Gasteiger partial charge on any atom is 0.144 e. The van der Waals surface area contributed by atoms with Gasteiger partial charge in [-0.15, -0.1) is 11.6 Å². The molecule has 1 aliphatic rings. The molecule has 0 radical (unpaired) electrons. The second kappa shape index (κ2) is 3.84. The number of hydrogen-bond donors (Lipinski definition) is 0. The average molecular weight is 287 g/mol. The van der Waals surface area contributed by atoms with Gasteiger partial charge in [-0.2, -0.15) is 0 Å². The van der Waals surface area contributed by atoms with Crippen LogP contribution in [0.4, 0.5) is 4.39 Å². The van der Waals surface area contributed by atoms with E-state index in [0.717, 1.165) is 24.2 Å². The van der Waals surface area contributed by atoms with Gasteiger partial charge in [0.05, 0.1) is 21.4 Å². The first-order valence-corrected chi connectivity index (χ1v) is 6.76. The van der Waals surface area contributed by atoms with Gasteiger partial charge in [-0.1, -0.05) is 11.6 Å². The van der Waals surface area contributed by atoms with Crippen molar-refractivity contribution in [3.05, 3.63) is 28.8 Å². The predicted molar refractivity (Wildman–Crippen MR) is 71.9 cm³/mol. The molecule has 0 bridgehead atoms. The molecule has 0 aliphatic heterocycles. The van der Waals surface area contributed by atoms with Crippen molar-refractivity contribution in [3.63, 3.8) is 0 Å². The van der Waals surface area contributed by atoms with E-state index in [1.807, 2.05) is 6.92 Å². The molecule has 1 saturated carbocycles. The summed E-state index contributed by atoms with van der Waals surface area (Å²) >= 11 is 12.0. The molecule has 5 heteroatoms. The molecule has 2 aromatic rings. The van der Waals surface area contributed by atoms with Gasteiger partial charge in [-0.3, -0.25) is 0 Å². The zero-order valence-electron chi connectivity index (χ0n) is 10.2. The van der Waals surface area contributed by atoms with Gasteiger partial charge < -0.3 is 4.57 Å². The third kappa shape index (κ3) is 1.72. The van der Waals surface area contributed by atoms with Crippen molar-refractivity contribution in [2.45, 2.75) is 37.6 Å². The number of halogens is 3. The first-order chi connectivity index (χ1) is 8.42. The Hall–Kier alpha value is -0.800. The predicted octanol–water partition coefficient (Wildman–Crippen LogP) is 4.64. The maximum absolute atomic E-state index is 13.6. The summed E-state index contributed by atoms with van der Waals surface area (Å²) in [5.74, 6) is 0.372. The molecule has 1 atom stereocenters. The first-order valence-electron chi connectivity index (χ1n) is 5.94. The molecule has 1 fully saturated rings. The second-order valence-electron chi connectivity index (χ2n) is 5.17. The normalized spacial score (nSPS) is 19.2. The van der Waals surface area contributed by atoms with Crippen LogP contribution in [0.25, 0.3) is 11.0 Å². The lowest BCUT2D eigenvalue weighted by atomic mass is 10.2. The van der Waals surface area contributed by atoms with E-state index < -0.39 is 5.82 Å². The third-order valence-corrected chi connectivity index (χ3v) is 4.08. The Bertz CT molecular complexity index is 629. The van der Waals surface area contributed by atoms with Crippen molar-refractivity contribution in [1.82, 2.24) is 9.55 Å². The molecule has 0 saturated heterocycles. The number of imidazole rings is 1. The Morgan fingerprint density at radius 1 is 1.44 bits per heavy atom. The van der Waals surface area contributed by atoms with Crippen molar-refractivity contribution >= 4 is 34.2 Å². The molecule has 1 unspecified atom stereocenters. The summed E-state index contributed by atoms with van der Waals surface area (Å²) in [6.45, 7) is 4.02. The molecule has 18 heavy (non-hydrogen) atoms. The van der Waals surface area contributed by atoms with Crippen molar-refractivity contribution < 1.29 is 4.39 Å². The second-order valence-corrected chi connectivity index (χ2v) is 6.24. The summed E-state index contributed by atoms with van der Waals surface area (Å²) in [7, 11) is 0. The highest BCUT2D eigenvalue weighted by Crippen LogP contribution is 2.47. The van der Waals surface area contributed by atoms with Crippen molar-refractivity contribution in [3.8, 4) is 0 Å². The van der Waals surface area contributed by atoms with Gasteiger partial charge in [0.1, 0.15) is 11.6 Å². The summed E-state index contributed by atoms with van der Waals surface area (Å²) in [6.07, 6.45) is 2.14. The van der Waals surface area contributed by atoms with Crippen molar-refractivity contribution in [1.29, 1.82) is 0 Å². The van der Waals surface area contributed by atoms with Gasteiger partial charge in [0, 0.05) is 11.6 Å². The summed E-state index contributed by atoms with van der Waals surface area (Å²) < 4.78 is 15.7. The van der Waals surface area contributed by atoms with E-state index in [0.29, 0.717) is 5.52 Å². The molecule has 3 rings (SSSR count). The molecule has 1 aromatic heterocycles. The standard InChI is InChI=1S/C13H13Cl2FN2/c1-7(14)12-17-10-5-8(15)9(16)6-11(10)18(12)13(2)3-4-13/h5-7H,3-4H2,1-2H3. The number of fused-ring (bicyclic) bond motifs is 1. The van der Waals surface area contributed by atoms with E-state index in [9.17, 15) is 4.39 Å². The van der Waals surface area contributed by atoms with E-state index in [2.05, 4.69) is 16.5 Å². The number of benzene rings is 1. The van der Waals surface area contributed by atoms with Crippen LogP contribution in [0.15, 0.2) is 12.1 Å². The minimum atomic E-state index is -0.414. The Labute approximate surface area is 115 Å². The molecule has 0 amide bonds. The van der Waals surface area contributed by atoms with E-state index in [1.54, 1.807) is 6.07 Å². The highest BCUT2D eigenvalue weighted by atomic mass is 35.5. The minimum Gasteiger partial charge on any atom is -0.321 e. The van der Waals surface area contributed by atoms with Gasteiger partial charge in [-0.05, 0) is 32.8 Å². The first kappa shape index (κ1) is 12.2. The van der Waals surface area contributed by atoms with Crippen LogP contribution in [0.3, 0.4) is 0 Å². The molecule has 0 spiro atoms. The Balaban J connectivity index is 2.35. The highest BCUT2D eigenvalue weighted by Gasteiger charge is 2.42. The van der Waals surface area contributed by atoms with Gasteiger partial charge in [-0.25, -0.2) is 9.37 Å². The quantitative estimate of drug-likeness (QED) is 0.736. The molecular formula is C13H13Cl2FN2. The van der Waals surface area contributed by atoms with Crippen LogP contribution < -0.4 is 0 Å². The lowest BCUT2D eigenvalue weighted by molar-refractivity contribution is 0.521. The number of aromatic nitrogens is 2. The minimum absolute atomic E-state index is 0.0213. The summed E-state index contributed by atoms with van der Waals surface area (Å²) in [6, 6.07) is 3.02. The van der Waals surface area contributed by atoms with Crippen molar-refractivity contribution in [2.75, 3.05) is 0 Å². The lowest BCUT2D eigenvalue weighted by Gasteiger charge is -2.17. The van der Waals surface area contributed by atoms with Gasteiger partial charge in [0.25, 0.3) is 0 Å². The van der Waals surface area contributed by atoms with Crippen LogP contribution in [0.5, 0.6) is 0 Å². The van der Waals surface area contributed by atoms with Gasteiger partial charge in [0.2, 0.25) is 0 Å². The van der Waals surface area contributed by atoms with E-state index in [4.69, 9.17) is 23.2 Å². The number of hydrogen-bond acceptors (Lipinski definition) is 1. The van der Waals surface area contributed by atoms with E-state index >= 15 is 0 Å². The number of rotatable bonds is 2. The topological polar surface area (TPSA) is 17.8 Å². The molecule has 96 valence electrons. The van der Waals surface area contributed by atoms with E-state index in [-0.39, 0.29) is 15.9 Å². The van der Waals surface area contributed by atoms with Crippen LogP contribution in [0.1, 0.15) is 37.9 Å². The molecule has 1 aliphatic carbocycles. The average Bonchev–Trinajstić information content (AvgIpc) is 2.90. The molecule has 2 nitrogen and oxygen atoms in total. The number of nitrogens with zero attached hydrogens (tertiary/aromatic N) is 2. The third-order valence-electron chi connectivity index (χ3n) is 3.59. The van der Waals surface area contributed by atoms with Crippen LogP contribution in [0, 0.1) is 5.82 Å². The fourth-order valence-electron chi connectivity index (χ4n) is 2.33. The molecule has 0 N–H and O–H groups in total. The summed E-state index contributed by atoms with van der Waals surface area (Å²) in [4.78, 5) is 4.50. The highest BCUT2D eigenvalue weighted by molar-refractivity contribution is 6.31. The Kier molecular flexibility index (Phi) is 2.62. The van der Waals surface area contributed by atoms with Crippen LogP contribution in [-0.4, -0.2) is 9.55 Å². The zero-order valence-corrected chi connectivity index (χ0v) is 11.7. The molecule has 1 heterocycles. The summed E-state index contributed by atoms with van der Waals surface area (Å²) in [5, 5.41) is -0.112. The monoisotopic (exact) mass is 286 g/mol. The van der Waals surface area contributed by atoms with Crippen LogP contribution in [-0.2, 0) is 5.54 Å². The van der Waals surface area contributed by atoms with Gasteiger partial charge in [0.15, 0.2) is 0 Å². The lowest BCUT2D eigenvalue weighted by Crippen LogP contribution is -2.16. The fraction of sp³-hybridized carbons (Fsp3) is 0.462. The number of alkyl halides is 1. The SMILES string of the molecule is CC(Cl)c1nc2cc(Cl)c(F)cc2n1C1(C)CC1. The van der Waals surface area contributed by atoms with E-state index in [1.165, 1.54) is 6.07 Å². The smallest absolute Gasteiger partial charge is 0.144 e. The van der Waals surface area contributed by atoms with Crippen molar-refractivity contribution in [2.24, 2.45) is 0 Å².